The Morgan fingerprint density at radius 2 is 2.11 bits per heavy atom. The molecule has 2 fully saturated rings. The van der Waals surface area contributed by atoms with Gasteiger partial charge in [0, 0.05) is 0 Å². The summed E-state index contributed by atoms with van der Waals surface area (Å²) in [6, 6.07) is 5.60. The van der Waals surface area contributed by atoms with Crippen LogP contribution < -0.4 is 15.8 Å². The Morgan fingerprint density at radius 1 is 1.37 bits per heavy atom. The van der Waals surface area contributed by atoms with Gasteiger partial charge in [0.05, 0.1) is 0 Å². The molecule has 8 heteroatoms. The van der Waals surface area contributed by atoms with Gasteiger partial charge in [-0.05, 0) is 6.92 Å². The molecule has 147 valence electrons. The topological polar surface area (TPSA) is 84.7 Å². The van der Waals surface area contributed by atoms with Crippen LogP contribution in [0.3, 0.4) is 0 Å². The number of nitrogens with one attached hydrogen (secondary N) is 1. The zero-order chi connectivity index (χ0) is 19.4. The van der Waals surface area contributed by atoms with E-state index in [1.54, 1.807) is 0 Å². The van der Waals surface area contributed by atoms with Crippen molar-refractivity contribution in [2.75, 3.05) is 26.2 Å². The number of aryl methyl sites for hydroxylation is 1. The number of nitrogens with zero attached hydrogens (tertiary/aromatic N) is 1. The second kappa shape index (κ2) is 9.42. The second-order valence-corrected chi connectivity index (χ2v) is 10.7. The average Bonchev–Trinajstić information content (AvgIpc) is 3.13. The van der Waals surface area contributed by atoms with Gasteiger partial charge in [-0.15, -0.1) is 0 Å². The Morgan fingerprint density at radius 3 is 2.81 bits per heavy atom. The summed E-state index contributed by atoms with van der Waals surface area (Å²) in [4.78, 5) is 26.2. The minimum absolute atomic E-state index is 0.0739. The molecule has 3 rings (SSSR count). The van der Waals surface area contributed by atoms with Crippen molar-refractivity contribution in [3.63, 3.8) is 0 Å². The zero-order valence-corrected chi connectivity index (χ0v) is 18.1. The molecule has 6 nitrogen and oxygen atoms in total. The number of rotatable bonds is 6. The van der Waals surface area contributed by atoms with Gasteiger partial charge in [0.25, 0.3) is 0 Å². The molecule has 2 atom stereocenters. The fourth-order valence-corrected chi connectivity index (χ4v) is 5.87. The Kier molecular flexibility index (Phi) is 7.21. The van der Waals surface area contributed by atoms with Gasteiger partial charge in [-0.3, -0.25) is 0 Å². The molecule has 0 aliphatic carbocycles. The van der Waals surface area contributed by atoms with Crippen molar-refractivity contribution in [2.24, 2.45) is 5.73 Å². The number of hydrogen-bond donors (Lipinski definition) is 2. The molecule has 3 N–H and O–H groups in total. The Balaban J connectivity index is 1.47. The summed E-state index contributed by atoms with van der Waals surface area (Å²) in [7, 11) is 0. The number of amides is 1. The van der Waals surface area contributed by atoms with Gasteiger partial charge >= 0.3 is 159 Å². The number of likely N-dealkylation sites (tertiary alicyclic amines) is 1. The van der Waals surface area contributed by atoms with E-state index in [4.69, 9.17) is 22.1 Å². The summed E-state index contributed by atoms with van der Waals surface area (Å²) in [6.45, 7) is 4.24. The number of ether oxygens (including phenoxy) is 1. The van der Waals surface area contributed by atoms with E-state index in [0.717, 1.165) is 37.1 Å². The van der Waals surface area contributed by atoms with Crippen molar-refractivity contribution in [1.29, 1.82) is 0 Å². The molecule has 2 heterocycles. The molecule has 1 aromatic carbocycles. The van der Waals surface area contributed by atoms with Crippen LogP contribution in [-0.2, 0) is 9.59 Å². The summed E-state index contributed by atoms with van der Waals surface area (Å²) in [5, 5.41) is 3.91. The molecule has 1 radical (unpaired) electrons. The normalized spacial score (nSPS) is 23.9. The molecule has 1 unspecified atom stereocenters. The predicted molar refractivity (Wildman–Crippen MR) is 106 cm³/mol. The minimum atomic E-state index is -0.431. The fourth-order valence-electron chi connectivity index (χ4n) is 3.55. The molecule has 2 aliphatic heterocycles. The van der Waals surface area contributed by atoms with Crippen LogP contribution in [0.15, 0.2) is 18.2 Å². The van der Waals surface area contributed by atoms with Crippen molar-refractivity contribution < 1.29 is 14.3 Å². The number of halogens is 1. The predicted octanol–water partition coefficient (Wildman–Crippen LogP) is 1.36. The van der Waals surface area contributed by atoms with Gasteiger partial charge in [-0.25, -0.2) is 0 Å². The number of carbonyl (C=O) groups is 2. The number of piperidine rings is 1. The second-order valence-electron chi connectivity index (χ2n) is 7.15. The van der Waals surface area contributed by atoms with Crippen LogP contribution >= 0.6 is 11.6 Å². The van der Waals surface area contributed by atoms with E-state index < -0.39 is 15.8 Å². The van der Waals surface area contributed by atoms with Gasteiger partial charge in [0.2, 0.25) is 0 Å². The monoisotopic (exact) mass is 454 g/mol. The van der Waals surface area contributed by atoms with Crippen molar-refractivity contribution in [3.05, 3.63) is 28.8 Å². The Hall–Kier alpha value is -1.07. The first-order chi connectivity index (χ1) is 13.0. The number of carbonyl (C=O) groups excluding carboxylic acids is 2. The molecule has 27 heavy (non-hydrogen) atoms. The summed E-state index contributed by atoms with van der Waals surface area (Å²) in [5.41, 5.74) is 6.52. The van der Waals surface area contributed by atoms with Crippen LogP contribution in [0.5, 0.6) is 5.75 Å². The Labute approximate surface area is 171 Å². The molecule has 2 aliphatic rings. The van der Waals surface area contributed by atoms with Gasteiger partial charge in [0.15, 0.2) is 0 Å². The molecular formula is C19H26AsClN3O3. The molecule has 0 spiro atoms. The first-order valence-electron chi connectivity index (χ1n) is 9.35. The summed E-state index contributed by atoms with van der Waals surface area (Å²) >= 11 is 5.78. The van der Waals surface area contributed by atoms with Gasteiger partial charge in [-0.1, -0.05) is 6.07 Å². The van der Waals surface area contributed by atoms with E-state index in [2.05, 4.69) is 5.32 Å². The van der Waals surface area contributed by atoms with Crippen LogP contribution in [0.25, 0.3) is 0 Å². The number of nitrogens with two attached hydrogens (primary N) is 1. The molecule has 1 aromatic rings. The fraction of sp³-hybridized carbons (Fsp3) is 0.579. The van der Waals surface area contributed by atoms with Gasteiger partial charge < -0.3 is 0 Å². The summed E-state index contributed by atoms with van der Waals surface area (Å²) in [6.07, 6.45) is 2.41. The van der Waals surface area contributed by atoms with Crippen molar-refractivity contribution in [1.82, 2.24) is 10.2 Å². The van der Waals surface area contributed by atoms with Crippen LogP contribution in [0.4, 0.5) is 0 Å². The van der Waals surface area contributed by atoms with Crippen molar-refractivity contribution >= 4 is 37.8 Å². The third kappa shape index (κ3) is 5.47. The van der Waals surface area contributed by atoms with Crippen LogP contribution in [-0.4, -0.2) is 69.5 Å². The maximum atomic E-state index is 12.8. The van der Waals surface area contributed by atoms with Gasteiger partial charge in [-0.2, -0.15) is 0 Å². The van der Waals surface area contributed by atoms with Crippen LogP contribution in [0.2, 0.25) is 9.73 Å². The third-order valence-electron chi connectivity index (χ3n) is 5.04. The first kappa shape index (κ1) is 20.7. The first-order valence-corrected chi connectivity index (χ1v) is 11.7. The van der Waals surface area contributed by atoms with Crippen molar-refractivity contribution in [3.8, 4) is 5.75 Å². The van der Waals surface area contributed by atoms with Crippen LogP contribution in [0.1, 0.15) is 24.8 Å². The van der Waals surface area contributed by atoms with Gasteiger partial charge in [0.1, 0.15) is 0 Å². The number of hydrogen-bond acceptors (Lipinski definition) is 5. The van der Waals surface area contributed by atoms with E-state index in [-0.39, 0.29) is 29.2 Å². The van der Waals surface area contributed by atoms with Crippen molar-refractivity contribution in [2.45, 2.75) is 43.0 Å². The number of benzene rings is 1. The molecule has 2 saturated heterocycles. The Bertz CT molecular complexity index is 695. The molecule has 0 saturated carbocycles. The molecule has 0 bridgehead atoms. The van der Waals surface area contributed by atoms with E-state index in [9.17, 15) is 9.59 Å². The quantitative estimate of drug-likeness (QED) is 0.634. The zero-order valence-electron chi connectivity index (χ0n) is 15.5. The third-order valence-corrected chi connectivity index (χ3v) is 7.93. The van der Waals surface area contributed by atoms with E-state index in [1.807, 2.05) is 30.0 Å². The molecular weight excluding hydrogens is 429 g/mol. The molecule has 0 aromatic heterocycles. The summed E-state index contributed by atoms with van der Waals surface area (Å²) in [5.74, 6) is 0.862. The van der Waals surface area contributed by atoms with E-state index in [0.29, 0.717) is 22.8 Å². The standard InChI is InChI=1S/C19H26AsClN3O3/c1-12-2-3-15(21)17(8-12)27-14-4-6-24(7-5-14)19(26)16-9-13(11-23-16)20-18(25)10-22/h2-3,8,13-14,16,23H,4-7,9-11,22H2,1H3/t13?,16-/m1/s1. The maximum absolute atomic E-state index is 12.8. The molecule has 1 amide bonds. The van der Waals surface area contributed by atoms with E-state index in [1.165, 1.54) is 0 Å². The van der Waals surface area contributed by atoms with Crippen LogP contribution in [0, 0.1) is 6.92 Å². The average molecular weight is 455 g/mol. The SMILES string of the molecule is Cc1ccc(Cl)c(OC2CCN(C(=O)[C@H]3CC([As]C(=O)CN)CN3)CC2)c1. The summed E-state index contributed by atoms with van der Waals surface area (Å²) < 4.78 is 6.52. The van der Waals surface area contributed by atoms with E-state index >= 15 is 0 Å².